The fraction of sp³-hybridized carbons (Fsp3) is 0.652. The zero-order valence-electron chi connectivity index (χ0n) is 19.1. The monoisotopic (exact) mass is 425 g/mol. The van der Waals surface area contributed by atoms with E-state index in [1.54, 1.807) is 0 Å². The third-order valence-corrected chi connectivity index (χ3v) is 6.76. The van der Waals surface area contributed by atoms with Crippen molar-refractivity contribution < 1.29 is 4.79 Å². The summed E-state index contributed by atoms with van der Waals surface area (Å²) in [5.74, 6) is 1.06. The van der Waals surface area contributed by atoms with E-state index in [9.17, 15) is 4.79 Å². The Kier molecular flexibility index (Phi) is 6.73. The van der Waals surface area contributed by atoms with Crippen LogP contribution in [0.25, 0.3) is 0 Å². The number of nitrogens with one attached hydrogen (secondary N) is 1. The summed E-state index contributed by atoms with van der Waals surface area (Å²) in [6.07, 6.45) is 9.33. The molecule has 2 saturated heterocycles. The summed E-state index contributed by atoms with van der Waals surface area (Å²) in [5.41, 5.74) is 4.34. The predicted molar refractivity (Wildman–Crippen MR) is 122 cm³/mol. The summed E-state index contributed by atoms with van der Waals surface area (Å²) >= 11 is 0. The number of aryl methyl sites for hydroxylation is 2. The molecule has 0 unspecified atom stereocenters. The van der Waals surface area contributed by atoms with Crippen LogP contribution in [0.3, 0.4) is 0 Å². The second-order valence-corrected chi connectivity index (χ2v) is 8.73. The van der Waals surface area contributed by atoms with Gasteiger partial charge in [-0.1, -0.05) is 0 Å². The highest BCUT2D eigenvalue weighted by atomic mass is 16.1. The highest BCUT2D eigenvalue weighted by molar-refractivity contribution is 5.79. The molecule has 0 aromatic carbocycles. The van der Waals surface area contributed by atoms with E-state index in [0.29, 0.717) is 6.54 Å². The smallest absolute Gasteiger partial charge is 0.225 e. The molecule has 0 atom stereocenters. The Bertz CT molecular complexity index is 878. The Morgan fingerprint density at radius 3 is 2.32 bits per heavy atom. The number of carbonyl (C=O) groups excluding carboxylic acids is 1. The van der Waals surface area contributed by atoms with Crippen LogP contribution in [0.4, 0.5) is 11.6 Å². The first-order valence-corrected chi connectivity index (χ1v) is 11.7. The average Bonchev–Trinajstić information content (AvgIpc) is 3.10. The molecule has 2 aliphatic heterocycles. The number of hydrogen-bond acceptors (Lipinski definition) is 6. The van der Waals surface area contributed by atoms with Gasteiger partial charge in [0.25, 0.3) is 0 Å². The molecule has 0 radical (unpaired) electrons. The molecule has 2 fully saturated rings. The minimum atomic E-state index is 0.0617. The second kappa shape index (κ2) is 9.66. The van der Waals surface area contributed by atoms with Crippen molar-refractivity contribution in [3.8, 4) is 0 Å². The largest absolute Gasteiger partial charge is 0.369 e. The van der Waals surface area contributed by atoms with Crippen LogP contribution in [0.1, 0.15) is 56.0 Å². The van der Waals surface area contributed by atoms with Crippen LogP contribution in [-0.4, -0.2) is 51.8 Å². The Morgan fingerprint density at radius 1 is 1.03 bits per heavy atom. The number of carbonyl (C=O) groups is 1. The molecule has 168 valence electrons. The van der Waals surface area contributed by atoms with Crippen molar-refractivity contribution in [3.05, 3.63) is 29.3 Å². The van der Waals surface area contributed by atoms with Crippen LogP contribution in [0.5, 0.6) is 0 Å². The van der Waals surface area contributed by atoms with Crippen molar-refractivity contribution in [2.24, 2.45) is 5.92 Å². The minimum Gasteiger partial charge on any atom is -0.369 e. The van der Waals surface area contributed by atoms with Gasteiger partial charge in [-0.25, -0.2) is 9.97 Å². The molecule has 0 aliphatic carbocycles. The Labute approximate surface area is 185 Å². The van der Waals surface area contributed by atoms with E-state index in [2.05, 4.69) is 44.0 Å². The first-order valence-electron chi connectivity index (χ1n) is 11.7. The summed E-state index contributed by atoms with van der Waals surface area (Å²) in [6.45, 7) is 11.4. The van der Waals surface area contributed by atoms with Crippen molar-refractivity contribution >= 4 is 17.5 Å². The highest BCUT2D eigenvalue weighted by Crippen LogP contribution is 2.24. The zero-order chi connectivity index (χ0) is 21.8. The Hall–Kier alpha value is -2.64. The molecule has 0 spiro atoms. The van der Waals surface area contributed by atoms with Gasteiger partial charge in [0.2, 0.25) is 11.9 Å². The van der Waals surface area contributed by atoms with E-state index in [1.807, 2.05) is 24.0 Å². The van der Waals surface area contributed by atoms with Gasteiger partial charge >= 0.3 is 0 Å². The SMILES string of the molecule is CCn1nc(C)c(CNC(=O)C2CCN(c3cnc(N4CCCCC4)nc3)CC2)c1C. The normalized spacial score (nSPS) is 17.8. The summed E-state index contributed by atoms with van der Waals surface area (Å²) < 4.78 is 1.99. The number of aromatic nitrogens is 4. The van der Waals surface area contributed by atoms with Gasteiger partial charge in [-0.2, -0.15) is 5.10 Å². The first kappa shape index (κ1) is 21.6. The molecule has 2 aliphatic rings. The van der Waals surface area contributed by atoms with Crippen molar-refractivity contribution in [2.45, 2.75) is 66.0 Å². The lowest BCUT2D eigenvalue weighted by Crippen LogP contribution is -2.40. The molecule has 2 aromatic rings. The second-order valence-electron chi connectivity index (χ2n) is 8.73. The van der Waals surface area contributed by atoms with Crippen LogP contribution in [0.15, 0.2) is 12.4 Å². The minimum absolute atomic E-state index is 0.0617. The van der Waals surface area contributed by atoms with Crippen molar-refractivity contribution in [2.75, 3.05) is 36.0 Å². The molecule has 4 heterocycles. The van der Waals surface area contributed by atoms with Gasteiger partial charge in [-0.3, -0.25) is 9.48 Å². The lowest BCUT2D eigenvalue weighted by Gasteiger charge is -2.33. The van der Waals surface area contributed by atoms with E-state index in [1.165, 1.54) is 19.3 Å². The molecular weight excluding hydrogens is 390 g/mol. The van der Waals surface area contributed by atoms with E-state index in [0.717, 1.165) is 74.2 Å². The fourth-order valence-corrected chi connectivity index (χ4v) is 4.75. The standard InChI is InChI=1S/C23H35N7O/c1-4-30-18(3)21(17(2)27-30)16-24-22(31)19-8-12-28(13-9-19)20-14-25-23(26-15-20)29-10-6-5-7-11-29/h14-15,19H,4-13,16H2,1-3H3,(H,24,31). The van der Waals surface area contributed by atoms with Crippen LogP contribution in [-0.2, 0) is 17.9 Å². The number of piperidine rings is 2. The van der Waals surface area contributed by atoms with E-state index in [4.69, 9.17) is 0 Å². The van der Waals surface area contributed by atoms with Gasteiger partial charge in [0.15, 0.2) is 0 Å². The lowest BCUT2D eigenvalue weighted by atomic mass is 9.95. The predicted octanol–water partition coefficient (Wildman–Crippen LogP) is 2.83. The molecule has 8 heteroatoms. The molecule has 31 heavy (non-hydrogen) atoms. The molecule has 1 N–H and O–H groups in total. The van der Waals surface area contributed by atoms with Crippen LogP contribution < -0.4 is 15.1 Å². The van der Waals surface area contributed by atoms with Crippen molar-refractivity contribution in [3.63, 3.8) is 0 Å². The maximum absolute atomic E-state index is 12.7. The Morgan fingerprint density at radius 2 is 1.71 bits per heavy atom. The van der Waals surface area contributed by atoms with Gasteiger partial charge in [0.1, 0.15) is 0 Å². The summed E-state index contributed by atoms with van der Waals surface area (Å²) in [4.78, 5) is 26.5. The van der Waals surface area contributed by atoms with Gasteiger partial charge in [-0.15, -0.1) is 0 Å². The molecule has 2 aromatic heterocycles. The van der Waals surface area contributed by atoms with Gasteiger partial charge < -0.3 is 15.1 Å². The lowest BCUT2D eigenvalue weighted by molar-refractivity contribution is -0.125. The zero-order valence-corrected chi connectivity index (χ0v) is 19.1. The van der Waals surface area contributed by atoms with Crippen molar-refractivity contribution in [1.29, 1.82) is 0 Å². The highest BCUT2D eigenvalue weighted by Gasteiger charge is 2.26. The van der Waals surface area contributed by atoms with Crippen LogP contribution in [0.2, 0.25) is 0 Å². The quantitative estimate of drug-likeness (QED) is 0.767. The van der Waals surface area contributed by atoms with Gasteiger partial charge in [-0.05, 0) is 52.9 Å². The summed E-state index contributed by atoms with van der Waals surface area (Å²) in [6, 6.07) is 0. The molecule has 1 amide bonds. The maximum Gasteiger partial charge on any atom is 0.225 e. The van der Waals surface area contributed by atoms with Crippen LogP contribution in [0, 0.1) is 19.8 Å². The summed E-state index contributed by atoms with van der Waals surface area (Å²) in [7, 11) is 0. The molecule has 8 nitrogen and oxygen atoms in total. The van der Waals surface area contributed by atoms with E-state index >= 15 is 0 Å². The topological polar surface area (TPSA) is 79.2 Å². The van der Waals surface area contributed by atoms with E-state index in [-0.39, 0.29) is 11.8 Å². The number of amides is 1. The molecule has 4 rings (SSSR count). The first-order chi connectivity index (χ1) is 15.1. The number of anilines is 2. The number of rotatable bonds is 6. The fourth-order valence-electron chi connectivity index (χ4n) is 4.75. The summed E-state index contributed by atoms with van der Waals surface area (Å²) in [5, 5.41) is 7.69. The van der Waals surface area contributed by atoms with Gasteiger partial charge in [0, 0.05) is 56.4 Å². The van der Waals surface area contributed by atoms with Gasteiger partial charge in [0.05, 0.1) is 23.8 Å². The number of hydrogen-bond donors (Lipinski definition) is 1. The Balaban J connectivity index is 1.27. The maximum atomic E-state index is 12.7. The van der Waals surface area contributed by atoms with Crippen LogP contribution >= 0.6 is 0 Å². The number of nitrogens with zero attached hydrogens (tertiary/aromatic N) is 6. The molecule has 0 bridgehead atoms. The average molecular weight is 426 g/mol. The van der Waals surface area contributed by atoms with E-state index < -0.39 is 0 Å². The molecular formula is C23H35N7O. The third kappa shape index (κ3) is 4.83. The van der Waals surface area contributed by atoms with Crippen molar-refractivity contribution in [1.82, 2.24) is 25.1 Å². The third-order valence-electron chi connectivity index (χ3n) is 6.76. The molecule has 0 saturated carbocycles.